The molecular formula is C40H84N2O. The van der Waals surface area contributed by atoms with E-state index in [2.05, 4.69) is 24.1 Å². The molecule has 0 saturated carbocycles. The molecule has 43 heavy (non-hydrogen) atoms. The fourth-order valence-corrected chi connectivity index (χ4v) is 6.49. The van der Waals surface area contributed by atoms with Gasteiger partial charge in [0, 0.05) is 19.6 Å². The molecule has 0 aliphatic rings. The van der Waals surface area contributed by atoms with E-state index < -0.39 is 0 Å². The highest BCUT2D eigenvalue weighted by molar-refractivity contribution is 4.62. The van der Waals surface area contributed by atoms with Crippen LogP contribution in [-0.4, -0.2) is 42.4 Å². The van der Waals surface area contributed by atoms with E-state index in [4.69, 9.17) is 0 Å². The SMILES string of the molecule is CCCCCCCCCCCCCCCCCCNCCN(CCCCCCCCCCCCCCCCCC)C(C)O. The summed E-state index contributed by atoms with van der Waals surface area (Å²) in [7, 11) is 0. The average Bonchev–Trinajstić information content (AvgIpc) is 3.00. The summed E-state index contributed by atoms with van der Waals surface area (Å²) >= 11 is 0. The largest absolute Gasteiger partial charge is 0.379 e. The Morgan fingerprint density at radius 1 is 0.372 bits per heavy atom. The van der Waals surface area contributed by atoms with Crippen molar-refractivity contribution < 1.29 is 5.11 Å². The molecule has 2 N–H and O–H groups in total. The molecule has 0 aromatic carbocycles. The Kier molecular flexibility index (Phi) is 38.0. The van der Waals surface area contributed by atoms with Gasteiger partial charge in [-0.15, -0.1) is 0 Å². The summed E-state index contributed by atoms with van der Waals surface area (Å²) in [5, 5.41) is 13.8. The number of hydrogen-bond acceptors (Lipinski definition) is 3. The van der Waals surface area contributed by atoms with Crippen LogP contribution < -0.4 is 5.32 Å². The zero-order valence-electron chi connectivity index (χ0n) is 30.4. The molecule has 0 aliphatic heterocycles. The van der Waals surface area contributed by atoms with E-state index in [0.29, 0.717) is 0 Å². The van der Waals surface area contributed by atoms with E-state index >= 15 is 0 Å². The minimum absolute atomic E-state index is 0.325. The summed E-state index contributed by atoms with van der Waals surface area (Å²) in [6.07, 6.45) is 45.1. The van der Waals surface area contributed by atoms with Crippen molar-refractivity contribution in [3.05, 3.63) is 0 Å². The third-order valence-corrected chi connectivity index (χ3v) is 9.61. The summed E-state index contributed by atoms with van der Waals surface area (Å²) in [6.45, 7) is 10.7. The maximum absolute atomic E-state index is 10.2. The fraction of sp³-hybridized carbons (Fsp3) is 1.00. The number of aliphatic hydroxyl groups is 1. The lowest BCUT2D eigenvalue weighted by molar-refractivity contribution is 0.0183. The van der Waals surface area contributed by atoms with Crippen molar-refractivity contribution >= 4 is 0 Å². The number of aliphatic hydroxyl groups excluding tert-OH is 1. The first-order chi connectivity index (χ1) is 21.2. The van der Waals surface area contributed by atoms with Crippen LogP contribution in [0.5, 0.6) is 0 Å². The average molecular weight is 609 g/mol. The highest BCUT2D eigenvalue weighted by Crippen LogP contribution is 2.15. The van der Waals surface area contributed by atoms with Crippen LogP contribution in [0.2, 0.25) is 0 Å². The van der Waals surface area contributed by atoms with Crippen LogP contribution in [-0.2, 0) is 0 Å². The zero-order valence-corrected chi connectivity index (χ0v) is 30.4. The topological polar surface area (TPSA) is 35.5 Å². The van der Waals surface area contributed by atoms with Crippen molar-refractivity contribution in [2.24, 2.45) is 0 Å². The molecule has 0 aromatic rings. The summed E-state index contributed by atoms with van der Waals surface area (Å²) in [5.74, 6) is 0. The second-order valence-electron chi connectivity index (χ2n) is 14.0. The summed E-state index contributed by atoms with van der Waals surface area (Å²) in [5.41, 5.74) is 0. The predicted molar refractivity (Wildman–Crippen MR) is 195 cm³/mol. The van der Waals surface area contributed by atoms with Crippen LogP contribution in [0.4, 0.5) is 0 Å². The molecule has 0 radical (unpaired) electrons. The molecule has 0 bridgehead atoms. The summed E-state index contributed by atoms with van der Waals surface area (Å²) < 4.78 is 0. The fourth-order valence-electron chi connectivity index (χ4n) is 6.49. The van der Waals surface area contributed by atoms with Crippen LogP contribution in [0.15, 0.2) is 0 Å². The molecule has 0 rings (SSSR count). The van der Waals surface area contributed by atoms with Gasteiger partial charge in [0.25, 0.3) is 0 Å². The number of rotatable bonds is 38. The zero-order chi connectivity index (χ0) is 31.3. The van der Waals surface area contributed by atoms with Crippen LogP contribution in [0, 0.1) is 0 Å². The molecule has 1 unspecified atom stereocenters. The van der Waals surface area contributed by atoms with Crippen molar-refractivity contribution in [1.29, 1.82) is 0 Å². The normalized spacial score (nSPS) is 12.5. The molecule has 0 aromatic heterocycles. The van der Waals surface area contributed by atoms with Gasteiger partial charge in [-0.1, -0.05) is 206 Å². The molecular weight excluding hydrogens is 524 g/mol. The lowest BCUT2D eigenvalue weighted by Gasteiger charge is -2.25. The van der Waals surface area contributed by atoms with Crippen molar-refractivity contribution in [3.63, 3.8) is 0 Å². The summed E-state index contributed by atoms with van der Waals surface area (Å²) in [6, 6.07) is 0. The van der Waals surface area contributed by atoms with E-state index in [-0.39, 0.29) is 6.23 Å². The Hall–Kier alpha value is -0.120. The van der Waals surface area contributed by atoms with Gasteiger partial charge in [0.15, 0.2) is 0 Å². The third kappa shape index (κ3) is 36.2. The molecule has 0 aliphatic carbocycles. The van der Waals surface area contributed by atoms with Gasteiger partial charge in [0.05, 0.1) is 0 Å². The Bertz CT molecular complexity index is 483. The number of hydrogen-bond donors (Lipinski definition) is 2. The quantitative estimate of drug-likeness (QED) is 0.0540. The Morgan fingerprint density at radius 2 is 0.651 bits per heavy atom. The molecule has 260 valence electrons. The van der Waals surface area contributed by atoms with Gasteiger partial charge in [-0.05, 0) is 26.3 Å². The van der Waals surface area contributed by atoms with Gasteiger partial charge < -0.3 is 10.4 Å². The van der Waals surface area contributed by atoms with Crippen LogP contribution in [0.3, 0.4) is 0 Å². The standard InChI is InChI=1S/C40H84N2O/c1-4-6-8-10-12-14-16-18-20-22-24-26-28-30-32-34-36-41-37-39-42(40(3)43)38-35-33-31-29-27-25-23-21-19-17-15-13-11-9-7-5-2/h40-41,43H,4-39H2,1-3H3. The molecule has 1 atom stereocenters. The van der Waals surface area contributed by atoms with Gasteiger partial charge in [0.2, 0.25) is 0 Å². The van der Waals surface area contributed by atoms with Crippen molar-refractivity contribution in [1.82, 2.24) is 10.2 Å². The van der Waals surface area contributed by atoms with Crippen molar-refractivity contribution in [2.45, 2.75) is 232 Å². The van der Waals surface area contributed by atoms with Crippen LogP contribution >= 0.6 is 0 Å². The maximum atomic E-state index is 10.2. The van der Waals surface area contributed by atoms with Gasteiger partial charge in [-0.3, -0.25) is 4.90 Å². The minimum Gasteiger partial charge on any atom is -0.379 e. The number of nitrogens with zero attached hydrogens (tertiary/aromatic N) is 1. The van der Waals surface area contributed by atoms with Gasteiger partial charge in [-0.2, -0.15) is 0 Å². The second-order valence-corrected chi connectivity index (χ2v) is 14.0. The number of unbranched alkanes of at least 4 members (excludes halogenated alkanes) is 30. The first kappa shape index (κ1) is 42.9. The van der Waals surface area contributed by atoms with E-state index in [1.807, 2.05) is 6.92 Å². The highest BCUT2D eigenvalue weighted by atomic mass is 16.3. The molecule has 3 heteroatoms. The first-order valence-corrected chi connectivity index (χ1v) is 20.3. The van der Waals surface area contributed by atoms with E-state index in [9.17, 15) is 5.11 Å². The monoisotopic (exact) mass is 609 g/mol. The third-order valence-electron chi connectivity index (χ3n) is 9.61. The van der Waals surface area contributed by atoms with Gasteiger partial charge >= 0.3 is 0 Å². The molecule has 0 spiro atoms. The van der Waals surface area contributed by atoms with Crippen LogP contribution in [0.25, 0.3) is 0 Å². The van der Waals surface area contributed by atoms with E-state index in [1.54, 1.807) is 0 Å². The molecule has 0 fully saturated rings. The van der Waals surface area contributed by atoms with Gasteiger partial charge in [0.1, 0.15) is 6.23 Å². The predicted octanol–water partition coefficient (Wildman–Crippen LogP) is 12.7. The molecule has 0 heterocycles. The smallest absolute Gasteiger partial charge is 0.104 e. The second kappa shape index (κ2) is 38.1. The van der Waals surface area contributed by atoms with Crippen molar-refractivity contribution in [3.8, 4) is 0 Å². The van der Waals surface area contributed by atoms with Crippen LogP contribution in [0.1, 0.15) is 226 Å². The lowest BCUT2D eigenvalue weighted by atomic mass is 10.0. The van der Waals surface area contributed by atoms with Crippen molar-refractivity contribution in [2.75, 3.05) is 26.2 Å². The van der Waals surface area contributed by atoms with E-state index in [0.717, 1.165) is 26.2 Å². The Labute approximate surface area is 273 Å². The van der Waals surface area contributed by atoms with E-state index in [1.165, 1.54) is 205 Å². The number of nitrogens with one attached hydrogen (secondary N) is 1. The highest BCUT2D eigenvalue weighted by Gasteiger charge is 2.09. The maximum Gasteiger partial charge on any atom is 0.104 e. The lowest BCUT2D eigenvalue weighted by Crippen LogP contribution is -2.39. The molecule has 0 saturated heterocycles. The Balaban J connectivity index is 3.35. The minimum atomic E-state index is -0.325. The Morgan fingerprint density at radius 3 is 0.953 bits per heavy atom. The van der Waals surface area contributed by atoms with Gasteiger partial charge in [-0.25, -0.2) is 0 Å². The molecule has 0 amide bonds. The first-order valence-electron chi connectivity index (χ1n) is 20.3. The summed E-state index contributed by atoms with van der Waals surface area (Å²) in [4.78, 5) is 2.25. The molecule has 3 nitrogen and oxygen atoms in total.